The molecule has 0 spiro atoms. The van der Waals surface area contributed by atoms with E-state index in [0.717, 1.165) is 32.1 Å². The van der Waals surface area contributed by atoms with Gasteiger partial charge in [0.05, 0.1) is 5.75 Å². The van der Waals surface area contributed by atoms with Crippen molar-refractivity contribution in [1.82, 2.24) is 4.31 Å². The van der Waals surface area contributed by atoms with Crippen molar-refractivity contribution < 1.29 is 13.2 Å². The average molecular weight is 272 g/mol. The van der Waals surface area contributed by atoms with Crippen molar-refractivity contribution in [1.29, 1.82) is 0 Å². The number of aliphatic imine (C=N–C) groups is 1. The summed E-state index contributed by atoms with van der Waals surface area (Å²) < 4.78 is 26.0. The highest BCUT2D eigenvalue weighted by Crippen LogP contribution is 2.28. The van der Waals surface area contributed by atoms with Crippen molar-refractivity contribution in [3.63, 3.8) is 0 Å². The number of nitrogens with zero attached hydrogens (tertiary/aromatic N) is 2. The molecule has 0 aromatic carbocycles. The highest BCUT2D eigenvalue weighted by Gasteiger charge is 2.35. The van der Waals surface area contributed by atoms with Gasteiger partial charge in [-0.05, 0) is 31.6 Å². The molecule has 1 saturated carbocycles. The van der Waals surface area contributed by atoms with Crippen LogP contribution < -0.4 is 0 Å². The van der Waals surface area contributed by atoms with Gasteiger partial charge in [-0.2, -0.15) is 9.30 Å². The Bertz CT molecular complexity index is 423. The molecular formula is C12H20N2O3S. The smallest absolute Gasteiger partial charge is 0.212 e. The first-order valence-corrected chi connectivity index (χ1v) is 8.31. The number of isocyanates is 1. The van der Waals surface area contributed by atoms with E-state index in [-0.39, 0.29) is 11.7 Å². The van der Waals surface area contributed by atoms with Crippen LogP contribution in [0.25, 0.3) is 0 Å². The van der Waals surface area contributed by atoms with Gasteiger partial charge < -0.3 is 0 Å². The minimum absolute atomic E-state index is 0.220. The van der Waals surface area contributed by atoms with E-state index < -0.39 is 16.2 Å². The third-order valence-electron chi connectivity index (χ3n) is 3.90. The van der Waals surface area contributed by atoms with Gasteiger partial charge in [0.15, 0.2) is 0 Å². The standard InChI is InChI=1S/C12H20N2O3S/c15-10-13-12-7-4-8-14(12)18(16,17)9-11-5-2-1-3-6-11/h11-12H,1-9H2. The Morgan fingerprint density at radius 3 is 2.50 bits per heavy atom. The van der Waals surface area contributed by atoms with Gasteiger partial charge in [-0.1, -0.05) is 19.3 Å². The van der Waals surface area contributed by atoms with E-state index in [1.54, 1.807) is 0 Å². The highest BCUT2D eigenvalue weighted by atomic mass is 32.2. The second kappa shape index (κ2) is 5.95. The van der Waals surface area contributed by atoms with Crippen molar-refractivity contribution in [3.05, 3.63) is 0 Å². The Kier molecular flexibility index (Phi) is 4.54. The molecule has 0 aromatic heterocycles. The van der Waals surface area contributed by atoms with Gasteiger partial charge in [-0.3, -0.25) is 0 Å². The maximum absolute atomic E-state index is 12.3. The fourth-order valence-corrected chi connectivity index (χ4v) is 5.04. The quantitative estimate of drug-likeness (QED) is 0.577. The SMILES string of the molecule is O=C=NC1CCCN1S(=O)(=O)CC1CCCCC1. The van der Waals surface area contributed by atoms with Gasteiger partial charge in [-0.15, -0.1) is 0 Å². The monoisotopic (exact) mass is 272 g/mol. The van der Waals surface area contributed by atoms with Crippen molar-refractivity contribution >= 4 is 16.1 Å². The van der Waals surface area contributed by atoms with E-state index in [9.17, 15) is 13.2 Å². The minimum Gasteiger partial charge on any atom is -0.212 e. The fourth-order valence-electron chi connectivity index (χ4n) is 2.98. The molecule has 102 valence electrons. The van der Waals surface area contributed by atoms with Crippen molar-refractivity contribution in [3.8, 4) is 0 Å². The Labute approximate surface area is 108 Å². The Morgan fingerprint density at radius 2 is 1.83 bits per heavy atom. The second-order valence-corrected chi connectivity index (χ2v) is 7.20. The lowest BCUT2D eigenvalue weighted by Gasteiger charge is -2.26. The van der Waals surface area contributed by atoms with Crippen LogP contribution in [0.4, 0.5) is 0 Å². The average Bonchev–Trinajstić information content (AvgIpc) is 2.79. The highest BCUT2D eigenvalue weighted by molar-refractivity contribution is 7.89. The lowest BCUT2D eigenvalue weighted by atomic mass is 9.91. The zero-order chi connectivity index (χ0) is 13.0. The largest absolute Gasteiger partial charge is 0.236 e. The summed E-state index contributed by atoms with van der Waals surface area (Å²) in [4.78, 5) is 13.9. The topological polar surface area (TPSA) is 66.8 Å². The summed E-state index contributed by atoms with van der Waals surface area (Å²) in [6, 6.07) is 0. The lowest BCUT2D eigenvalue weighted by molar-refractivity contribution is 0.359. The summed E-state index contributed by atoms with van der Waals surface area (Å²) in [5.74, 6) is 0.503. The van der Waals surface area contributed by atoms with E-state index >= 15 is 0 Å². The third-order valence-corrected chi connectivity index (χ3v) is 5.94. The zero-order valence-electron chi connectivity index (χ0n) is 10.5. The second-order valence-electron chi connectivity index (χ2n) is 5.24. The maximum atomic E-state index is 12.3. The molecule has 1 heterocycles. The molecule has 0 radical (unpaired) electrons. The summed E-state index contributed by atoms with van der Waals surface area (Å²) in [5, 5.41) is 0. The van der Waals surface area contributed by atoms with Crippen LogP contribution in [0.1, 0.15) is 44.9 Å². The molecule has 6 heteroatoms. The van der Waals surface area contributed by atoms with Gasteiger partial charge in [0.2, 0.25) is 16.1 Å². The number of carbonyl (C=O) groups excluding carboxylic acids is 1. The fraction of sp³-hybridized carbons (Fsp3) is 0.917. The van der Waals surface area contributed by atoms with Gasteiger partial charge in [-0.25, -0.2) is 13.2 Å². The minimum atomic E-state index is -3.27. The van der Waals surface area contributed by atoms with Gasteiger partial charge in [0, 0.05) is 6.54 Å². The Morgan fingerprint density at radius 1 is 1.11 bits per heavy atom. The van der Waals surface area contributed by atoms with E-state index in [1.165, 1.54) is 16.8 Å². The van der Waals surface area contributed by atoms with Crippen molar-refractivity contribution in [2.75, 3.05) is 12.3 Å². The van der Waals surface area contributed by atoms with E-state index in [4.69, 9.17) is 0 Å². The maximum Gasteiger partial charge on any atom is 0.236 e. The number of rotatable bonds is 4. The summed E-state index contributed by atoms with van der Waals surface area (Å²) in [7, 11) is -3.27. The Hall–Kier alpha value is -0.710. The normalized spacial score (nSPS) is 27.0. The zero-order valence-corrected chi connectivity index (χ0v) is 11.4. The summed E-state index contributed by atoms with van der Waals surface area (Å²) in [6.45, 7) is 0.491. The first-order chi connectivity index (χ1) is 8.63. The van der Waals surface area contributed by atoms with E-state index in [2.05, 4.69) is 4.99 Å². The van der Waals surface area contributed by atoms with Gasteiger partial charge in [0.25, 0.3) is 0 Å². The van der Waals surface area contributed by atoms with E-state index in [1.807, 2.05) is 0 Å². The molecule has 0 aromatic rings. The van der Waals surface area contributed by atoms with E-state index in [0.29, 0.717) is 13.0 Å². The van der Waals surface area contributed by atoms with Crippen LogP contribution in [0.15, 0.2) is 4.99 Å². The van der Waals surface area contributed by atoms with Crippen LogP contribution in [-0.2, 0) is 14.8 Å². The first-order valence-electron chi connectivity index (χ1n) is 6.70. The number of sulfonamides is 1. The molecule has 18 heavy (non-hydrogen) atoms. The molecule has 0 amide bonds. The molecule has 1 saturated heterocycles. The summed E-state index contributed by atoms with van der Waals surface area (Å²) in [6.07, 6.45) is 7.90. The number of hydrogen-bond donors (Lipinski definition) is 0. The summed E-state index contributed by atoms with van der Waals surface area (Å²) in [5.41, 5.74) is 0. The molecule has 1 unspecified atom stereocenters. The molecule has 5 nitrogen and oxygen atoms in total. The van der Waals surface area contributed by atoms with Crippen LogP contribution in [0.5, 0.6) is 0 Å². The molecule has 2 aliphatic rings. The molecule has 1 aliphatic heterocycles. The van der Waals surface area contributed by atoms with Crippen molar-refractivity contribution in [2.45, 2.75) is 51.1 Å². The first kappa shape index (κ1) is 13.7. The molecule has 1 aliphatic carbocycles. The van der Waals surface area contributed by atoms with Crippen LogP contribution in [0, 0.1) is 5.92 Å². The number of hydrogen-bond acceptors (Lipinski definition) is 4. The molecule has 1 atom stereocenters. The van der Waals surface area contributed by atoms with Crippen LogP contribution in [0.3, 0.4) is 0 Å². The predicted octanol–water partition coefficient (Wildman–Crippen LogP) is 1.65. The lowest BCUT2D eigenvalue weighted by Crippen LogP contribution is -2.38. The molecule has 2 rings (SSSR count). The third kappa shape index (κ3) is 3.19. The molecule has 2 fully saturated rings. The van der Waals surface area contributed by atoms with Gasteiger partial charge >= 0.3 is 0 Å². The molecule has 0 bridgehead atoms. The van der Waals surface area contributed by atoms with Crippen LogP contribution in [-0.4, -0.2) is 37.3 Å². The molecule has 0 N–H and O–H groups in total. The van der Waals surface area contributed by atoms with Crippen LogP contribution >= 0.6 is 0 Å². The molecular weight excluding hydrogens is 252 g/mol. The van der Waals surface area contributed by atoms with Gasteiger partial charge in [0.1, 0.15) is 6.17 Å². The predicted molar refractivity (Wildman–Crippen MR) is 68.2 cm³/mol. The van der Waals surface area contributed by atoms with Crippen LogP contribution in [0.2, 0.25) is 0 Å². The summed E-state index contributed by atoms with van der Waals surface area (Å²) >= 11 is 0. The Balaban J connectivity index is 2.02. The van der Waals surface area contributed by atoms with Crippen molar-refractivity contribution in [2.24, 2.45) is 10.9 Å².